The molecule has 2 heterocycles. The van der Waals surface area contributed by atoms with E-state index in [1.54, 1.807) is 6.07 Å². The zero-order chi connectivity index (χ0) is 11.4. The van der Waals surface area contributed by atoms with Crippen LogP contribution in [0.1, 0.15) is 5.69 Å². The second kappa shape index (κ2) is 5.05. The predicted molar refractivity (Wildman–Crippen MR) is 58.2 cm³/mol. The number of carbonyl (C=O) groups excluding carboxylic acids is 1. The summed E-state index contributed by atoms with van der Waals surface area (Å²) in [4.78, 5) is 15.9. The summed E-state index contributed by atoms with van der Waals surface area (Å²) in [6, 6.07) is 5.46. The average molecular weight is 222 g/mol. The van der Waals surface area contributed by atoms with E-state index in [1.165, 1.54) is 0 Å². The number of nitrogens with zero attached hydrogens (tertiary/aromatic N) is 1. The molecule has 0 saturated carbocycles. The Morgan fingerprint density at radius 3 is 3.06 bits per heavy atom. The molecule has 1 N–H and O–H groups in total. The molecule has 1 unspecified atom stereocenters. The molecule has 1 aromatic rings. The van der Waals surface area contributed by atoms with Crippen molar-refractivity contribution in [1.82, 2.24) is 4.98 Å². The Morgan fingerprint density at radius 2 is 2.38 bits per heavy atom. The zero-order valence-corrected chi connectivity index (χ0v) is 9.10. The Morgan fingerprint density at radius 1 is 1.50 bits per heavy atom. The third-order valence-electron chi connectivity index (χ3n) is 2.25. The highest BCUT2D eigenvalue weighted by atomic mass is 16.6. The van der Waals surface area contributed by atoms with Crippen molar-refractivity contribution >= 4 is 11.7 Å². The molecule has 0 radical (unpaired) electrons. The van der Waals surface area contributed by atoms with Gasteiger partial charge in [0.15, 0.2) is 6.10 Å². The molecular formula is C11H14N2O3. The van der Waals surface area contributed by atoms with Gasteiger partial charge in [0, 0.05) is 5.69 Å². The predicted octanol–water partition coefficient (Wildman–Crippen LogP) is 0.744. The molecule has 5 heteroatoms. The molecule has 0 spiro atoms. The maximum Gasteiger partial charge on any atom is 0.257 e. The Balaban J connectivity index is 1.96. The van der Waals surface area contributed by atoms with Crippen molar-refractivity contribution in [3.8, 4) is 0 Å². The van der Waals surface area contributed by atoms with E-state index >= 15 is 0 Å². The summed E-state index contributed by atoms with van der Waals surface area (Å²) >= 11 is 0. The molecule has 1 aromatic heterocycles. The third-order valence-corrected chi connectivity index (χ3v) is 2.25. The van der Waals surface area contributed by atoms with Crippen LogP contribution < -0.4 is 5.32 Å². The minimum atomic E-state index is -0.531. The average Bonchev–Trinajstić information content (AvgIpc) is 2.30. The fourth-order valence-corrected chi connectivity index (χ4v) is 1.46. The van der Waals surface area contributed by atoms with Gasteiger partial charge < -0.3 is 14.8 Å². The van der Waals surface area contributed by atoms with Gasteiger partial charge in [-0.25, -0.2) is 4.98 Å². The van der Waals surface area contributed by atoms with Crippen LogP contribution in [0.4, 0.5) is 5.82 Å². The van der Waals surface area contributed by atoms with Crippen LogP contribution in [0.3, 0.4) is 0 Å². The van der Waals surface area contributed by atoms with Crippen molar-refractivity contribution in [2.24, 2.45) is 0 Å². The third kappa shape index (κ3) is 2.77. The molecule has 1 saturated heterocycles. The molecule has 1 fully saturated rings. The van der Waals surface area contributed by atoms with Gasteiger partial charge in [-0.05, 0) is 19.1 Å². The first-order valence-corrected chi connectivity index (χ1v) is 5.19. The first-order valence-electron chi connectivity index (χ1n) is 5.19. The Labute approximate surface area is 93.8 Å². The molecule has 1 amide bonds. The monoisotopic (exact) mass is 222 g/mol. The number of aromatic nitrogens is 1. The topological polar surface area (TPSA) is 60.5 Å². The molecule has 0 bridgehead atoms. The summed E-state index contributed by atoms with van der Waals surface area (Å²) in [7, 11) is 0. The summed E-state index contributed by atoms with van der Waals surface area (Å²) in [6.07, 6.45) is -0.531. The van der Waals surface area contributed by atoms with Crippen molar-refractivity contribution in [1.29, 1.82) is 0 Å². The van der Waals surface area contributed by atoms with Crippen LogP contribution in [0.5, 0.6) is 0 Å². The van der Waals surface area contributed by atoms with E-state index in [0.29, 0.717) is 25.6 Å². The summed E-state index contributed by atoms with van der Waals surface area (Å²) in [5.74, 6) is 0.331. The summed E-state index contributed by atoms with van der Waals surface area (Å²) in [5, 5.41) is 2.70. The number of anilines is 1. The second-order valence-corrected chi connectivity index (χ2v) is 3.59. The normalized spacial score (nSPS) is 20.4. The first kappa shape index (κ1) is 11.0. The van der Waals surface area contributed by atoms with E-state index in [1.807, 2.05) is 19.1 Å². The van der Waals surface area contributed by atoms with Gasteiger partial charge in [-0.15, -0.1) is 0 Å². The molecular weight excluding hydrogens is 208 g/mol. The molecule has 16 heavy (non-hydrogen) atoms. The second-order valence-electron chi connectivity index (χ2n) is 3.59. The minimum Gasteiger partial charge on any atom is -0.376 e. The Bertz CT molecular complexity index is 375. The number of hydrogen-bond donors (Lipinski definition) is 1. The molecule has 1 aliphatic heterocycles. The van der Waals surface area contributed by atoms with Gasteiger partial charge in [-0.2, -0.15) is 0 Å². The molecule has 5 nitrogen and oxygen atoms in total. The van der Waals surface area contributed by atoms with Crippen molar-refractivity contribution in [3.63, 3.8) is 0 Å². The number of ether oxygens (including phenoxy) is 2. The number of hydrogen-bond acceptors (Lipinski definition) is 4. The Hall–Kier alpha value is -1.46. The lowest BCUT2D eigenvalue weighted by atomic mass is 10.3. The van der Waals surface area contributed by atoms with Gasteiger partial charge in [0.25, 0.3) is 5.91 Å². The number of carbonyl (C=O) groups is 1. The van der Waals surface area contributed by atoms with E-state index < -0.39 is 6.10 Å². The van der Waals surface area contributed by atoms with E-state index in [-0.39, 0.29) is 5.91 Å². The number of nitrogens with one attached hydrogen (secondary N) is 1. The van der Waals surface area contributed by atoms with Gasteiger partial charge >= 0.3 is 0 Å². The van der Waals surface area contributed by atoms with Crippen LogP contribution in [0.15, 0.2) is 18.2 Å². The van der Waals surface area contributed by atoms with Gasteiger partial charge in [0.2, 0.25) is 0 Å². The van der Waals surface area contributed by atoms with Crippen LogP contribution in [-0.4, -0.2) is 36.8 Å². The van der Waals surface area contributed by atoms with Crippen LogP contribution in [0.25, 0.3) is 0 Å². The van der Waals surface area contributed by atoms with Gasteiger partial charge in [-0.1, -0.05) is 6.07 Å². The van der Waals surface area contributed by atoms with E-state index in [9.17, 15) is 4.79 Å². The molecule has 86 valence electrons. The van der Waals surface area contributed by atoms with E-state index in [2.05, 4.69) is 10.3 Å². The van der Waals surface area contributed by atoms with Crippen molar-refractivity contribution in [2.75, 3.05) is 25.1 Å². The number of rotatable bonds is 2. The van der Waals surface area contributed by atoms with Crippen molar-refractivity contribution in [3.05, 3.63) is 23.9 Å². The van der Waals surface area contributed by atoms with Crippen LogP contribution in [0, 0.1) is 6.92 Å². The fourth-order valence-electron chi connectivity index (χ4n) is 1.46. The smallest absolute Gasteiger partial charge is 0.257 e. The van der Waals surface area contributed by atoms with Crippen molar-refractivity contribution in [2.45, 2.75) is 13.0 Å². The molecule has 0 aliphatic carbocycles. The maximum absolute atomic E-state index is 11.7. The summed E-state index contributed by atoms with van der Waals surface area (Å²) < 4.78 is 10.4. The standard InChI is InChI=1S/C11H14N2O3/c1-8-3-2-4-10(12-8)13-11(14)9-7-15-5-6-16-9/h2-4,9H,5-7H2,1H3,(H,12,13,14). The van der Waals surface area contributed by atoms with Crippen LogP contribution in [-0.2, 0) is 14.3 Å². The van der Waals surface area contributed by atoms with Crippen LogP contribution >= 0.6 is 0 Å². The first-order chi connectivity index (χ1) is 7.75. The van der Waals surface area contributed by atoms with Gasteiger partial charge in [0.1, 0.15) is 5.82 Å². The van der Waals surface area contributed by atoms with E-state index in [0.717, 1.165) is 5.69 Å². The molecule has 1 atom stereocenters. The highest BCUT2D eigenvalue weighted by molar-refractivity contribution is 5.93. The quantitative estimate of drug-likeness (QED) is 0.802. The SMILES string of the molecule is Cc1cccc(NC(=O)C2COCCO2)n1. The summed E-state index contributed by atoms with van der Waals surface area (Å²) in [6.45, 7) is 3.18. The van der Waals surface area contributed by atoms with Gasteiger partial charge in [0.05, 0.1) is 19.8 Å². The largest absolute Gasteiger partial charge is 0.376 e. The highest BCUT2D eigenvalue weighted by Crippen LogP contribution is 2.07. The lowest BCUT2D eigenvalue weighted by molar-refractivity contribution is -0.142. The lowest BCUT2D eigenvalue weighted by Gasteiger charge is -2.21. The number of amides is 1. The minimum absolute atomic E-state index is 0.210. The fraction of sp³-hybridized carbons (Fsp3) is 0.455. The lowest BCUT2D eigenvalue weighted by Crippen LogP contribution is -2.39. The highest BCUT2D eigenvalue weighted by Gasteiger charge is 2.22. The molecule has 2 rings (SSSR count). The zero-order valence-electron chi connectivity index (χ0n) is 9.10. The van der Waals surface area contributed by atoms with Crippen LogP contribution in [0.2, 0.25) is 0 Å². The number of aryl methyl sites for hydroxylation is 1. The van der Waals surface area contributed by atoms with Gasteiger partial charge in [-0.3, -0.25) is 4.79 Å². The Kier molecular flexibility index (Phi) is 3.48. The molecule has 1 aliphatic rings. The number of pyridine rings is 1. The van der Waals surface area contributed by atoms with E-state index in [4.69, 9.17) is 9.47 Å². The maximum atomic E-state index is 11.7. The summed E-state index contributed by atoms with van der Waals surface area (Å²) in [5.41, 5.74) is 0.860. The molecule has 0 aromatic carbocycles. The van der Waals surface area contributed by atoms with Crippen molar-refractivity contribution < 1.29 is 14.3 Å².